The van der Waals surface area contributed by atoms with Gasteiger partial charge in [0.1, 0.15) is 10.8 Å². The van der Waals surface area contributed by atoms with Gasteiger partial charge >= 0.3 is 0 Å². The van der Waals surface area contributed by atoms with Crippen LogP contribution in [0.1, 0.15) is 28.7 Å². The highest BCUT2D eigenvalue weighted by Crippen LogP contribution is 2.21. The zero-order valence-corrected chi connectivity index (χ0v) is 12.5. The average molecular weight is 344 g/mol. The molecule has 1 heterocycles. The number of aryl methyl sites for hydroxylation is 1. The fourth-order valence-corrected chi connectivity index (χ4v) is 2.72. The number of carbonyl (C=O) groups excluding carboxylic acids is 1. The van der Waals surface area contributed by atoms with Gasteiger partial charge in [-0.2, -0.15) is 0 Å². The van der Waals surface area contributed by atoms with Gasteiger partial charge in [-0.3, -0.25) is 10.1 Å². The van der Waals surface area contributed by atoms with Crippen LogP contribution in [-0.4, -0.2) is 16.1 Å². The molecular formula is C12H11BrFN3OS. The number of carbonyl (C=O) groups is 1. The predicted octanol–water partition coefficient (Wildman–Crippen LogP) is 3.64. The minimum absolute atomic E-state index is 0.229. The molecule has 0 spiro atoms. The van der Waals surface area contributed by atoms with Crippen molar-refractivity contribution >= 4 is 38.3 Å². The number of rotatable bonds is 4. The Bertz CT molecular complexity index is 602. The summed E-state index contributed by atoms with van der Waals surface area (Å²) in [6.07, 6.45) is 1.80. The number of benzene rings is 1. The number of hydrogen-bond acceptors (Lipinski definition) is 4. The summed E-state index contributed by atoms with van der Waals surface area (Å²) in [4.78, 5) is 12.0. The molecule has 0 unspecified atom stereocenters. The Kier molecular flexibility index (Phi) is 4.60. The maximum Gasteiger partial charge on any atom is 0.258 e. The van der Waals surface area contributed by atoms with E-state index in [0.29, 0.717) is 9.60 Å². The molecule has 4 nitrogen and oxygen atoms in total. The maximum atomic E-state index is 13.1. The van der Waals surface area contributed by atoms with E-state index in [1.54, 1.807) is 0 Å². The Labute approximate surface area is 122 Å². The molecule has 0 fully saturated rings. The van der Waals surface area contributed by atoms with Gasteiger partial charge in [0, 0.05) is 10.9 Å². The minimum atomic E-state index is -0.461. The van der Waals surface area contributed by atoms with Crippen LogP contribution in [0, 0.1) is 5.82 Å². The molecule has 1 N–H and O–H groups in total. The van der Waals surface area contributed by atoms with E-state index in [9.17, 15) is 9.18 Å². The first-order valence-corrected chi connectivity index (χ1v) is 7.30. The van der Waals surface area contributed by atoms with E-state index >= 15 is 0 Å². The Hall–Kier alpha value is -1.34. The molecule has 1 aromatic carbocycles. The molecule has 1 aromatic heterocycles. The van der Waals surface area contributed by atoms with Crippen molar-refractivity contribution < 1.29 is 9.18 Å². The molecule has 1 amide bonds. The summed E-state index contributed by atoms with van der Waals surface area (Å²) in [6.45, 7) is 2.05. The SMILES string of the molecule is CCCc1nnc(NC(=O)c2cc(F)ccc2Br)s1. The van der Waals surface area contributed by atoms with Crippen LogP contribution in [0.4, 0.5) is 9.52 Å². The molecule has 2 aromatic rings. The van der Waals surface area contributed by atoms with E-state index < -0.39 is 11.7 Å². The van der Waals surface area contributed by atoms with Gasteiger partial charge in [0.2, 0.25) is 5.13 Å². The lowest BCUT2D eigenvalue weighted by molar-refractivity contribution is 0.102. The van der Waals surface area contributed by atoms with Crippen LogP contribution in [0.2, 0.25) is 0 Å². The Morgan fingerprint density at radius 2 is 2.26 bits per heavy atom. The molecule has 0 aliphatic rings. The fraction of sp³-hybridized carbons (Fsp3) is 0.250. The third-order valence-electron chi connectivity index (χ3n) is 2.32. The van der Waals surface area contributed by atoms with Crippen LogP contribution in [0.5, 0.6) is 0 Å². The number of nitrogens with one attached hydrogen (secondary N) is 1. The Morgan fingerprint density at radius 3 is 3.00 bits per heavy atom. The van der Waals surface area contributed by atoms with E-state index in [-0.39, 0.29) is 5.56 Å². The standard InChI is InChI=1S/C12H11BrFN3OS/c1-2-3-10-16-17-12(19-10)15-11(18)8-6-7(14)4-5-9(8)13/h4-6H,2-3H2,1H3,(H,15,17,18). The first-order chi connectivity index (χ1) is 9.10. The number of amides is 1. The van der Waals surface area contributed by atoms with Crippen molar-refractivity contribution in [1.82, 2.24) is 10.2 Å². The minimum Gasteiger partial charge on any atom is -0.296 e. The second-order valence-corrected chi connectivity index (χ2v) is 5.75. The van der Waals surface area contributed by atoms with Crippen LogP contribution >= 0.6 is 27.3 Å². The largest absolute Gasteiger partial charge is 0.296 e. The van der Waals surface area contributed by atoms with E-state index in [4.69, 9.17) is 0 Å². The molecule has 19 heavy (non-hydrogen) atoms. The van der Waals surface area contributed by atoms with Crippen molar-refractivity contribution in [3.05, 3.63) is 39.1 Å². The lowest BCUT2D eigenvalue weighted by atomic mass is 10.2. The lowest BCUT2D eigenvalue weighted by Gasteiger charge is -2.03. The van der Waals surface area contributed by atoms with E-state index in [1.165, 1.54) is 29.5 Å². The van der Waals surface area contributed by atoms with Gasteiger partial charge in [0.05, 0.1) is 5.56 Å². The van der Waals surface area contributed by atoms with Crippen molar-refractivity contribution in [1.29, 1.82) is 0 Å². The number of hydrogen-bond donors (Lipinski definition) is 1. The summed E-state index contributed by atoms with van der Waals surface area (Å²) in [5.74, 6) is -0.872. The second-order valence-electron chi connectivity index (χ2n) is 3.83. The highest BCUT2D eigenvalue weighted by Gasteiger charge is 2.13. The van der Waals surface area contributed by atoms with Crippen molar-refractivity contribution in [2.24, 2.45) is 0 Å². The van der Waals surface area contributed by atoms with E-state index in [1.807, 2.05) is 6.92 Å². The summed E-state index contributed by atoms with van der Waals surface area (Å²) in [7, 11) is 0. The van der Waals surface area contributed by atoms with Crippen molar-refractivity contribution in [2.75, 3.05) is 5.32 Å². The summed E-state index contributed by atoms with van der Waals surface area (Å²) in [6, 6.07) is 3.95. The number of anilines is 1. The average Bonchev–Trinajstić information content (AvgIpc) is 2.80. The molecule has 7 heteroatoms. The molecule has 0 bridgehead atoms. The monoisotopic (exact) mass is 343 g/mol. The van der Waals surface area contributed by atoms with Crippen molar-refractivity contribution in [2.45, 2.75) is 19.8 Å². The molecule has 0 radical (unpaired) electrons. The first kappa shape index (κ1) is 14.1. The normalized spacial score (nSPS) is 10.5. The quantitative estimate of drug-likeness (QED) is 0.921. The summed E-state index contributed by atoms with van der Waals surface area (Å²) >= 11 is 4.54. The van der Waals surface area contributed by atoms with Crippen LogP contribution in [0.3, 0.4) is 0 Å². The third-order valence-corrected chi connectivity index (χ3v) is 3.91. The predicted molar refractivity (Wildman–Crippen MR) is 76.0 cm³/mol. The van der Waals surface area contributed by atoms with E-state index in [2.05, 4.69) is 31.4 Å². The Balaban J connectivity index is 2.13. The maximum absolute atomic E-state index is 13.1. The number of nitrogens with zero attached hydrogens (tertiary/aromatic N) is 2. The van der Waals surface area contributed by atoms with Gasteiger partial charge in [-0.25, -0.2) is 4.39 Å². The molecule has 0 saturated carbocycles. The molecular weight excluding hydrogens is 333 g/mol. The molecule has 2 rings (SSSR count). The fourth-order valence-electron chi connectivity index (χ4n) is 1.45. The van der Waals surface area contributed by atoms with Crippen molar-refractivity contribution in [3.63, 3.8) is 0 Å². The summed E-state index contributed by atoms with van der Waals surface area (Å²) in [5, 5.41) is 11.7. The molecule has 100 valence electrons. The summed E-state index contributed by atoms with van der Waals surface area (Å²) in [5.41, 5.74) is 0.229. The molecule has 0 aliphatic carbocycles. The van der Waals surface area contributed by atoms with Gasteiger partial charge in [-0.05, 0) is 40.5 Å². The highest BCUT2D eigenvalue weighted by atomic mass is 79.9. The van der Waals surface area contributed by atoms with Gasteiger partial charge < -0.3 is 0 Å². The third kappa shape index (κ3) is 3.57. The highest BCUT2D eigenvalue weighted by molar-refractivity contribution is 9.10. The lowest BCUT2D eigenvalue weighted by Crippen LogP contribution is -2.12. The molecule has 0 aliphatic heterocycles. The summed E-state index contributed by atoms with van der Waals surface area (Å²) < 4.78 is 13.7. The number of halogens is 2. The number of aromatic nitrogens is 2. The zero-order chi connectivity index (χ0) is 13.8. The first-order valence-electron chi connectivity index (χ1n) is 5.69. The van der Waals surface area contributed by atoms with Gasteiger partial charge in [0.25, 0.3) is 5.91 Å². The van der Waals surface area contributed by atoms with Crippen LogP contribution < -0.4 is 5.32 Å². The van der Waals surface area contributed by atoms with Crippen LogP contribution in [-0.2, 0) is 6.42 Å². The van der Waals surface area contributed by atoms with Gasteiger partial charge in [0.15, 0.2) is 0 Å². The van der Waals surface area contributed by atoms with Gasteiger partial charge in [-0.1, -0.05) is 18.3 Å². The Morgan fingerprint density at radius 1 is 1.47 bits per heavy atom. The zero-order valence-electron chi connectivity index (χ0n) is 10.1. The van der Waals surface area contributed by atoms with Crippen LogP contribution in [0.25, 0.3) is 0 Å². The second kappa shape index (κ2) is 6.21. The molecule has 0 atom stereocenters. The van der Waals surface area contributed by atoms with Crippen LogP contribution in [0.15, 0.2) is 22.7 Å². The van der Waals surface area contributed by atoms with Gasteiger partial charge in [-0.15, -0.1) is 10.2 Å². The smallest absolute Gasteiger partial charge is 0.258 e. The van der Waals surface area contributed by atoms with Crippen molar-refractivity contribution in [3.8, 4) is 0 Å². The topological polar surface area (TPSA) is 54.9 Å². The van der Waals surface area contributed by atoms with E-state index in [0.717, 1.165) is 17.8 Å². The molecule has 0 saturated heterocycles.